The number of hydrogen-bond donors (Lipinski definition) is 4. The van der Waals surface area contributed by atoms with Crippen LogP contribution in [0, 0.1) is 0 Å². The maximum absolute atomic E-state index is 14.5. The van der Waals surface area contributed by atoms with Crippen molar-refractivity contribution in [3.05, 3.63) is 108 Å². The van der Waals surface area contributed by atoms with Gasteiger partial charge >= 0.3 is 5.97 Å². The average Bonchev–Trinajstić information content (AvgIpc) is 2.89. The van der Waals surface area contributed by atoms with Gasteiger partial charge in [-0.15, -0.1) is 0 Å². The molecule has 3 aromatic carbocycles. The van der Waals surface area contributed by atoms with E-state index in [2.05, 4.69) is 10.6 Å². The number of nitrogens with one attached hydrogen (secondary N) is 2. The number of aliphatic carboxylic acids is 1. The quantitative estimate of drug-likeness (QED) is 0.283. The monoisotopic (exact) mass is 473 g/mol. The molecule has 3 rings (SSSR count). The lowest BCUT2D eigenvalue weighted by Gasteiger charge is -2.35. The Balaban J connectivity index is 2.10. The molecule has 0 bridgehead atoms. The van der Waals surface area contributed by atoms with Crippen molar-refractivity contribution in [2.75, 3.05) is 13.1 Å². The first-order valence-electron chi connectivity index (χ1n) is 11.6. The van der Waals surface area contributed by atoms with Gasteiger partial charge < -0.3 is 16.2 Å². The van der Waals surface area contributed by atoms with Crippen molar-refractivity contribution >= 4 is 17.7 Å². The smallest absolute Gasteiger partial charge is 0.322 e. The van der Waals surface area contributed by atoms with Crippen LogP contribution < -0.4 is 16.4 Å². The predicted octanol–water partition coefficient (Wildman–Crippen LogP) is 2.86. The van der Waals surface area contributed by atoms with Crippen molar-refractivity contribution in [3.63, 3.8) is 0 Å². The van der Waals surface area contributed by atoms with Gasteiger partial charge in [0.05, 0.1) is 5.92 Å². The normalized spacial score (nSPS) is 12.6. The van der Waals surface area contributed by atoms with Gasteiger partial charge in [-0.1, -0.05) is 91.0 Å². The van der Waals surface area contributed by atoms with Crippen LogP contribution in [0.25, 0.3) is 0 Å². The van der Waals surface area contributed by atoms with Crippen molar-refractivity contribution in [2.45, 2.75) is 30.8 Å². The fourth-order valence-corrected chi connectivity index (χ4v) is 4.16. The maximum Gasteiger partial charge on any atom is 0.322 e. The van der Waals surface area contributed by atoms with Crippen LogP contribution in [-0.2, 0) is 20.9 Å². The molecule has 7 nitrogen and oxygen atoms in total. The molecule has 35 heavy (non-hydrogen) atoms. The summed E-state index contributed by atoms with van der Waals surface area (Å²) in [6.45, 7) is -0.0750. The largest absolute Gasteiger partial charge is 0.480 e. The molecule has 0 aromatic heterocycles. The Bertz CT molecular complexity index is 1070. The van der Waals surface area contributed by atoms with Gasteiger partial charge in [-0.3, -0.25) is 19.7 Å². The van der Waals surface area contributed by atoms with E-state index >= 15 is 0 Å². The minimum atomic E-state index is -1.69. The molecule has 0 unspecified atom stereocenters. The van der Waals surface area contributed by atoms with Crippen molar-refractivity contribution in [1.82, 2.24) is 10.6 Å². The molecule has 3 aromatic rings. The summed E-state index contributed by atoms with van der Waals surface area (Å²) in [4.78, 5) is 39.3. The molecule has 1 amide bonds. The molecule has 7 heteroatoms. The van der Waals surface area contributed by atoms with Gasteiger partial charge in [0.15, 0.2) is 11.3 Å². The zero-order chi connectivity index (χ0) is 25.1. The van der Waals surface area contributed by atoms with Crippen LogP contribution in [0.4, 0.5) is 0 Å². The van der Waals surface area contributed by atoms with E-state index in [4.69, 9.17) is 5.73 Å². The summed E-state index contributed by atoms with van der Waals surface area (Å²) in [6, 6.07) is 28.0. The Hall–Kier alpha value is -3.81. The Kier molecular flexibility index (Phi) is 9.29. The summed E-state index contributed by atoms with van der Waals surface area (Å²) in [6.07, 6.45) is 0.515. The zero-order valence-corrected chi connectivity index (χ0v) is 19.5. The van der Waals surface area contributed by atoms with Gasteiger partial charge in [-0.2, -0.15) is 0 Å². The van der Waals surface area contributed by atoms with E-state index in [0.717, 1.165) is 16.7 Å². The van der Waals surface area contributed by atoms with E-state index in [1.54, 1.807) is 0 Å². The molecule has 0 aliphatic heterocycles. The molecule has 0 fully saturated rings. The molecule has 0 spiro atoms. The van der Waals surface area contributed by atoms with Crippen LogP contribution in [0.2, 0.25) is 0 Å². The van der Waals surface area contributed by atoms with E-state index in [1.807, 2.05) is 91.0 Å². The number of carbonyl (C=O) groups is 3. The molecule has 0 heterocycles. The SMILES string of the molecule is NCCC[C@](NCc1ccccc1)(C(=O)NCC(=O)O)C(=O)C(c1ccccc1)c1ccccc1. The number of carbonyl (C=O) groups excluding carboxylic acids is 2. The highest BCUT2D eigenvalue weighted by molar-refractivity contribution is 6.14. The lowest BCUT2D eigenvalue weighted by Crippen LogP contribution is -2.63. The summed E-state index contributed by atoms with van der Waals surface area (Å²) < 4.78 is 0. The van der Waals surface area contributed by atoms with E-state index < -0.39 is 29.9 Å². The molecule has 182 valence electrons. The second kappa shape index (κ2) is 12.6. The summed E-state index contributed by atoms with van der Waals surface area (Å²) in [5.41, 5.74) is 6.48. The third-order valence-corrected chi connectivity index (χ3v) is 5.93. The van der Waals surface area contributed by atoms with Gasteiger partial charge in [-0.25, -0.2) is 0 Å². The molecule has 0 radical (unpaired) electrons. The summed E-state index contributed by atoms with van der Waals surface area (Å²) in [5.74, 6) is -2.97. The number of ketones is 1. The van der Waals surface area contributed by atoms with Crippen LogP contribution in [0.5, 0.6) is 0 Å². The number of rotatable bonds is 13. The molecular formula is C28H31N3O4. The number of nitrogens with two attached hydrogens (primary N) is 1. The minimum Gasteiger partial charge on any atom is -0.480 e. The van der Waals surface area contributed by atoms with Gasteiger partial charge in [0.1, 0.15) is 6.54 Å². The average molecular weight is 474 g/mol. The third kappa shape index (κ3) is 6.62. The second-order valence-corrected chi connectivity index (χ2v) is 8.33. The van der Waals surface area contributed by atoms with Crippen LogP contribution in [0.1, 0.15) is 35.4 Å². The Morgan fingerprint density at radius 3 is 1.83 bits per heavy atom. The van der Waals surface area contributed by atoms with Crippen LogP contribution in [-0.4, -0.2) is 41.4 Å². The van der Waals surface area contributed by atoms with E-state index in [1.165, 1.54) is 0 Å². The van der Waals surface area contributed by atoms with Gasteiger partial charge in [0, 0.05) is 6.54 Å². The number of carboxylic acid groups (broad SMARTS) is 1. The third-order valence-electron chi connectivity index (χ3n) is 5.93. The molecule has 5 N–H and O–H groups in total. The molecule has 1 atom stereocenters. The fourth-order valence-electron chi connectivity index (χ4n) is 4.16. The topological polar surface area (TPSA) is 122 Å². The highest BCUT2D eigenvalue weighted by Crippen LogP contribution is 2.32. The Labute approximate surface area is 205 Å². The van der Waals surface area contributed by atoms with Crippen LogP contribution >= 0.6 is 0 Å². The fraction of sp³-hybridized carbons (Fsp3) is 0.250. The number of hydrogen-bond acceptors (Lipinski definition) is 5. The van der Waals surface area contributed by atoms with Crippen molar-refractivity contribution in [2.24, 2.45) is 5.73 Å². The minimum absolute atomic E-state index is 0.122. The molecule has 0 aliphatic carbocycles. The summed E-state index contributed by atoms with van der Waals surface area (Å²) in [7, 11) is 0. The van der Waals surface area contributed by atoms with Gasteiger partial charge in [0.2, 0.25) is 5.91 Å². The van der Waals surface area contributed by atoms with E-state index in [9.17, 15) is 19.5 Å². The highest BCUT2D eigenvalue weighted by atomic mass is 16.4. The van der Waals surface area contributed by atoms with E-state index in [0.29, 0.717) is 6.42 Å². The number of carboxylic acids is 1. The second-order valence-electron chi connectivity index (χ2n) is 8.33. The molecule has 0 aliphatic rings. The Morgan fingerprint density at radius 2 is 1.34 bits per heavy atom. The molecule has 0 saturated heterocycles. The number of benzene rings is 3. The highest BCUT2D eigenvalue weighted by Gasteiger charge is 2.48. The molecule has 0 saturated carbocycles. The Morgan fingerprint density at radius 1 is 0.829 bits per heavy atom. The summed E-state index contributed by atoms with van der Waals surface area (Å²) in [5, 5.41) is 14.8. The van der Waals surface area contributed by atoms with E-state index in [-0.39, 0.29) is 25.3 Å². The maximum atomic E-state index is 14.5. The van der Waals surface area contributed by atoms with Gasteiger partial charge in [0.25, 0.3) is 0 Å². The standard InChI is InChI=1S/C28H31N3O4/c29-18-10-17-28(27(35)30-20-24(32)33,31-19-21-11-4-1-5-12-21)26(34)25(22-13-6-2-7-14-22)23-15-8-3-9-16-23/h1-9,11-16,25,31H,10,17-20,29H2,(H,30,35)(H,32,33)/t28-/m1/s1. The lowest BCUT2D eigenvalue weighted by atomic mass is 9.75. The predicted molar refractivity (Wildman–Crippen MR) is 135 cm³/mol. The molecular weight excluding hydrogens is 442 g/mol. The zero-order valence-electron chi connectivity index (χ0n) is 19.5. The first-order chi connectivity index (χ1) is 17.0. The lowest BCUT2D eigenvalue weighted by molar-refractivity contribution is -0.143. The van der Waals surface area contributed by atoms with Crippen molar-refractivity contribution in [1.29, 1.82) is 0 Å². The van der Waals surface area contributed by atoms with Gasteiger partial charge in [-0.05, 0) is 36.1 Å². The van der Waals surface area contributed by atoms with Crippen molar-refractivity contribution < 1.29 is 19.5 Å². The number of Topliss-reactive ketones (excluding diaryl/α,β-unsaturated/α-hetero) is 1. The number of amides is 1. The first-order valence-corrected chi connectivity index (χ1v) is 11.6. The van der Waals surface area contributed by atoms with Crippen LogP contribution in [0.15, 0.2) is 91.0 Å². The van der Waals surface area contributed by atoms with Crippen molar-refractivity contribution in [3.8, 4) is 0 Å². The van der Waals surface area contributed by atoms with Crippen LogP contribution in [0.3, 0.4) is 0 Å². The first kappa shape index (κ1) is 25.8. The summed E-state index contributed by atoms with van der Waals surface area (Å²) >= 11 is 0.